The molecule has 144 valence electrons. The fourth-order valence-corrected chi connectivity index (χ4v) is 3.93. The van der Waals surface area contributed by atoms with Gasteiger partial charge >= 0.3 is 5.97 Å². The Hall–Kier alpha value is -2.58. The van der Waals surface area contributed by atoms with E-state index >= 15 is 0 Å². The first-order valence-corrected chi connectivity index (χ1v) is 10.1. The summed E-state index contributed by atoms with van der Waals surface area (Å²) in [4.78, 5) is 14.0. The van der Waals surface area contributed by atoms with E-state index in [9.17, 15) is 13.2 Å². The molecule has 0 unspecified atom stereocenters. The molecule has 0 aromatic heterocycles. The van der Waals surface area contributed by atoms with Crippen LogP contribution in [0.1, 0.15) is 23.2 Å². The van der Waals surface area contributed by atoms with Crippen molar-refractivity contribution in [1.82, 2.24) is 4.72 Å². The fraction of sp³-hybridized carbons (Fsp3) is 0.316. The summed E-state index contributed by atoms with van der Waals surface area (Å²) >= 11 is 0. The zero-order valence-electron chi connectivity index (χ0n) is 15.3. The van der Waals surface area contributed by atoms with Crippen molar-refractivity contribution in [3.05, 3.63) is 48.0 Å². The maximum Gasteiger partial charge on any atom is 0.337 e. The SMILES string of the molecule is CNS(=O)(=O)c1cc(C(=O)OC)cc(N2CCCC2)c1Oc1ccccc1. The zero-order valence-corrected chi connectivity index (χ0v) is 16.1. The van der Waals surface area contributed by atoms with Gasteiger partial charge in [0.05, 0.1) is 18.4 Å². The Bertz CT molecular complexity index is 923. The first kappa shape index (κ1) is 19.2. The normalized spacial score (nSPS) is 14.2. The van der Waals surface area contributed by atoms with Gasteiger partial charge in [-0.15, -0.1) is 0 Å². The first-order valence-electron chi connectivity index (χ1n) is 8.64. The van der Waals surface area contributed by atoms with E-state index in [1.165, 1.54) is 20.2 Å². The molecule has 0 amide bonds. The number of rotatable bonds is 6. The molecule has 7 nitrogen and oxygen atoms in total. The molecule has 1 saturated heterocycles. The highest BCUT2D eigenvalue weighted by Crippen LogP contribution is 2.40. The number of carbonyl (C=O) groups excluding carboxylic acids is 1. The molecule has 0 spiro atoms. The smallest absolute Gasteiger partial charge is 0.337 e. The van der Waals surface area contributed by atoms with Gasteiger partial charge in [-0.05, 0) is 44.2 Å². The van der Waals surface area contributed by atoms with E-state index in [0.29, 0.717) is 11.4 Å². The van der Waals surface area contributed by atoms with Crippen LogP contribution in [0.4, 0.5) is 5.69 Å². The van der Waals surface area contributed by atoms with Crippen LogP contribution in [0.2, 0.25) is 0 Å². The topological polar surface area (TPSA) is 84.9 Å². The summed E-state index contributed by atoms with van der Waals surface area (Å²) in [7, 11) is -1.29. The number of anilines is 1. The van der Waals surface area contributed by atoms with Crippen molar-refractivity contribution in [2.75, 3.05) is 32.1 Å². The lowest BCUT2D eigenvalue weighted by Crippen LogP contribution is -2.23. The van der Waals surface area contributed by atoms with Crippen LogP contribution in [-0.4, -0.2) is 41.6 Å². The number of para-hydroxylation sites is 1. The highest BCUT2D eigenvalue weighted by molar-refractivity contribution is 7.89. The van der Waals surface area contributed by atoms with Gasteiger partial charge in [-0.2, -0.15) is 0 Å². The van der Waals surface area contributed by atoms with Crippen molar-refractivity contribution in [2.45, 2.75) is 17.7 Å². The Morgan fingerprint density at radius 2 is 1.78 bits per heavy atom. The summed E-state index contributed by atoms with van der Waals surface area (Å²) < 4.78 is 38.5. The molecule has 1 fully saturated rings. The van der Waals surface area contributed by atoms with Crippen molar-refractivity contribution < 1.29 is 22.7 Å². The number of sulfonamides is 1. The van der Waals surface area contributed by atoms with E-state index in [2.05, 4.69) is 4.72 Å². The minimum absolute atomic E-state index is 0.0985. The number of benzene rings is 2. The van der Waals surface area contributed by atoms with E-state index < -0.39 is 16.0 Å². The van der Waals surface area contributed by atoms with E-state index in [4.69, 9.17) is 9.47 Å². The number of ether oxygens (including phenoxy) is 2. The Kier molecular flexibility index (Phi) is 5.67. The van der Waals surface area contributed by atoms with Crippen LogP contribution in [0.5, 0.6) is 11.5 Å². The molecular formula is C19H22N2O5S. The Morgan fingerprint density at radius 3 is 2.37 bits per heavy atom. The molecule has 3 rings (SSSR count). The van der Waals surface area contributed by atoms with Gasteiger partial charge in [0, 0.05) is 13.1 Å². The Balaban J connectivity index is 2.23. The van der Waals surface area contributed by atoms with E-state index in [0.717, 1.165) is 25.9 Å². The number of methoxy groups -OCH3 is 1. The van der Waals surface area contributed by atoms with E-state index in [1.807, 2.05) is 11.0 Å². The van der Waals surface area contributed by atoms with Crippen LogP contribution < -0.4 is 14.4 Å². The summed E-state index contributed by atoms with van der Waals surface area (Å²) in [6.45, 7) is 1.52. The average molecular weight is 390 g/mol. The maximum absolute atomic E-state index is 12.7. The lowest BCUT2D eigenvalue weighted by atomic mass is 10.1. The molecule has 0 aliphatic carbocycles. The van der Waals surface area contributed by atoms with Crippen molar-refractivity contribution >= 4 is 21.7 Å². The van der Waals surface area contributed by atoms with Gasteiger partial charge in [0.2, 0.25) is 10.0 Å². The lowest BCUT2D eigenvalue weighted by Gasteiger charge is -2.24. The minimum Gasteiger partial charge on any atom is -0.465 e. The van der Waals surface area contributed by atoms with Crippen LogP contribution >= 0.6 is 0 Å². The third kappa shape index (κ3) is 4.06. The first-order chi connectivity index (χ1) is 13.0. The molecule has 1 N–H and O–H groups in total. The highest BCUT2D eigenvalue weighted by atomic mass is 32.2. The molecular weight excluding hydrogens is 368 g/mol. The molecule has 0 radical (unpaired) electrons. The molecule has 8 heteroatoms. The summed E-state index contributed by atoms with van der Waals surface area (Å²) in [5, 5.41) is 0. The molecule has 1 heterocycles. The fourth-order valence-electron chi connectivity index (χ4n) is 3.03. The second-order valence-corrected chi connectivity index (χ2v) is 7.99. The third-order valence-corrected chi connectivity index (χ3v) is 5.84. The monoisotopic (exact) mass is 390 g/mol. The van der Waals surface area contributed by atoms with Crippen LogP contribution in [-0.2, 0) is 14.8 Å². The number of hydrogen-bond acceptors (Lipinski definition) is 6. The van der Waals surface area contributed by atoms with E-state index in [1.54, 1.807) is 30.3 Å². The summed E-state index contributed by atoms with van der Waals surface area (Å²) in [6, 6.07) is 11.9. The van der Waals surface area contributed by atoms with Crippen molar-refractivity contribution in [1.29, 1.82) is 0 Å². The minimum atomic E-state index is -3.87. The second kappa shape index (κ2) is 7.98. The van der Waals surface area contributed by atoms with Gasteiger partial charge in [-0.25, -0.2) is 17.9 Å². The number of carbonyl (C=O) groups is 1. The number of hydrogen-bond donors (Lipinski definition) is 1. The van der Waals surface area contributed by atoms with Crippen molar-refractivity contribution in [2.24, 2.45) is 0 Å². The van der Waals surface area contributed by atoms with Gasteiger partial charge in [-0.3, -0.25) is 0 Å². The molecule has 2 aromatic rings. The van der Waals surface area contributed by atoms with Crippen molar-refractivity contribution in [3.8, 4) is 11.5 Å². The molecule has 0 bridgehead atoms. The quantitative estimate of drug-likeness (QED) is 0.764. The van der Waals surface area contributed by atoms with Crippen LogP contribution in [0.15, 0.2) is 47.4 Å². The maximum atomic E-state index is 12.7. The lowest BCUT2D eigenvalue weighted by molar-refractivity contribution is 0.0600. The Morgan fingerprint density at radius 1 is 1.11 bits per heavy atom. The van der Waals surface area contributed by atoms with Crippen LogP contribution in [0, 0.1) is 0 Å². The molecule has 0 saturated carbocycles. The van der Waals surface area contributed by atoms with Crippen molar-refractivity contribution in [3.63, 3.8) is 0 Å². The second-order valence-electron chi connectivity index (χ2n) is 6.13. The number of esters is 1. The average Bonchev–Trinajstić information content (AvgIpc) is 3.22. The summed E-state index contributed by atoms with van der Waals surface area (Å²) in [5.74, 6) is 0.107. The molecule has 0 atom stereocenters. The van der Waals surface area contributed by atoms with Crippen LogP contribution in [0.3, 0.4) is 0 Å². The van der Waals surface area contributed by atoms with Gasteiger partial charge in [0.15, 0.2) is 5.75 Å². The molecule has 27 heavy (non-hydrogen) atoms. The zero-order chi connectivity index (χ0) is 19.4. The van der Waals surface area contributed by atoms with Gasteiger partial charge < -0.3 is 14.4 Å². The largest absolute Gasteiger partial charge is 0.465 e. The van der Waals surface area contributed by atoms with Gasteiger partial charge in [0.1, 0.15) is 10.6 Å². The third-order valence-electron chi connectivity index (χ3n) is 4.42. The standard InChI is InChI=1S/C19H22N2O5S/c1-20-27(23,24)17-13-14(19(22)25-2)12-16(21-10-6-7-11-21)18(17)26-15-8-4-3-5-9-15/h3-5,8-9,12-13,20H,6-7,10-11H2,1-2H3. The molecule has 1 aliphatic heterocycles. The molecule has 1 aliphatic rings. The van der Waals surface area contributed by atoms with Crippen LogP contribution in [0.25, 0.3) is 0 Å². The highest BCUT2D eigenvalue weighted by Gasteiger charge is 2.28. The van der Waals surface area contributed by atoms with Gasteiger partial charge in [0.25, 0.3) is 0 Å². The Labute approximate surface area is 158 Å². The molecule has 2 aromatic carbocycles. The number of nitrogens with one attached hydrogen (secondary N) is 1. The predicted octanol–water partition coefficient (Wildman–Crippen LogP) is 2.77. The number of nitrogens with zero attached hydrogens (tertiary/aromatic N) is 1. The van der Waals surface area contributed by atoms with Gasteiger partial charge in [-0.1, -0.05) is 18.2 Å². The summed E-state index contributed by atoms with van der Waals surface area (Å²) in [5.41, 5.74) is 0.724. The van der Waals surface area contributed by atoms with E-state index in [-0.39, 0.29) is 16.2 Å². The summed E-state index contributed by atoms with van der Waals surface area (Å²) in [6.07, 6.45) is 1.97. The predicted molar refractivity (Wildman–Crippen MR) is 102 cm³/mol.